The highest BCUT2D eigenvalue weighted by atomic mass is 35.5. The fourth-order valence-corrected chi connectivity index (χ4v) is 6.92. The lowest BCUT2D eigenvalue weighted by molar-refractivity contribution is -0.124. The molecule has 0 unspecified atom stereocenters. The second-order valence-corrected chi connectivity index (χ2v) is 11.9. The molecule has 0 bridgehead atoms. The zero-order valence-electron chi connectivity index (χ0n) is 19.0. The monoisotopic (exact) mass is 499 g/mol. The highest BCUT2D eigenvalue weighted by molar-refractivity contribution is 7.89. The van der Waals surface area contributed by atoms with Crippen LogP contribution in [0.25, 0.3) is 0 Å². The first-order valence-electron chi connectivity index (χ1n) is 12.1. The number of aliphatic imine (C=N–C) groups is 1. The van der Waals surface area contributed by atoms with E-state index in [0.29, 0.717) is 12.5 Å². The topological polar surface area (TPSA) is 87.6 Å². The Labute approximate surface area is 206 Å². The summed E-state index contributed by atoms with van der Waals surface area (Å²) >= 11 is 6.16. The molecule has 0 spiro atoms. The number of sulfonamides is 1. The normalized spacial score (nSPS) is 26.3. The largest absolute Gasteiger partial charge is 0.314 e. The van der Waals surface area contributed by atoms with Crippen LogP contribution in [-0.4, -0.2) is 32.7 Å². The van der Waals surface area contributed by atoms with Crippen LogP contribution >= 0.6 is 11.6 Å². The molecule has 3 aliphatic rings. The first kappa shape index (κ1) is 23.5. The Kier molecular flexibility index (Phi) is 6.78. The van der Waals surface area contributed by atoms with Gasteiger partial charge < -0.3 is 5.32 Å². The van der Waals surface area contributed by atoms with E-state index in [1.165, 1.54) is 11.1 Å². The lowest BCUT2D eigenvalue weighted by Crippen LogP contribution is -2.38. The predicted octanol–water partition coefficient (Wildman–Crippen LogP) is 4.44. The molecule has 2 atom stereocenters. The van der Waals surface area contributed by atoms with Crippen molar-refractivity contribution in [3.63, 3.8) is 0 Å². The van der Waals surface area contributed by atoms with E-state index in [4.69, 9.17) is 16.6 Å². The summed E-state index contributed by atoms with van der Waals surface area (Å²) in [4.78, 5) is 18.1. The molecule has 34 heavy (non-hydrogen) atoms. The van der Waals surface area contributed by atoms with Crippen LogP contribution in [0.4, 0.5) is 0 Å². The number of rotatable bonds is 5. The molecule has 5 rings (SSSR count). The highest BCUT2D eigenvalue weighted by Gasteiger charge is 2.36. The maximum atomic E-state index is 12.9. The van der Waals surface area contributed by atoms with Crippen molar-refractivity contribution in [3.8, 4) is 0 Å². The van der Waals surface area contributed by atoms with Crippen LogP contribution in [0.2, 0.25) is 5.02 Å². The number of amidine groups is 1. The van der Waals surface area contributed by atoms with E-state index < -0.39 is 10.0 Å². The van der Waals surface area contributed by atoms with Gasteiger partial charge >= 0.3 is 0 Å². The quantitative estimate of drug-likeness (QED) is 0.637. The molecule has 1 fully saturated rings. The van der Waals surface area contributed by atoms with Gasteiger partial charge in [-0.25, -0.2) is 13.1 Å². The lowest BCUT2D eigenvalue weighted by Gasteiger charge is -2.28. The number of carbonyl (C=O) groups excluding carboxylic acids is 1. The summed E-state index contributed by atoms with van der Waals surface area (Å²) in [6.45, 7) is 0.408. The van der Waals surface area contributed by atoms with Crippen LogP contribution in [0.5, 0.6) is 0 Å². The summed E-state index contributed by atoms with van der Waals surface area (Å²) in [7, 11) is -3.49. The third kappa shape index (κ3) is 5.07. The SMILES string of the molecule is O=C(NC1=N[C@@H]2CCc3cc(Cl)ccc3[C@@H]2C1)C1CCC(CNS(=O)(=O)c2ccccc2)CC1. The number of hydrogen-bond donors (Lipinski definition) is 2. The average molecular weight is 500 g/mol. The van der Waals surface area contributed by atoms with Crippen molar-refractivity contribution in [3.05, 3.63) is 64.7 Å². The van der Waals surface area contributed by atoms with Gasteiger partial charge in [-0.15, -0.1) is 0 Å². The second-order valence-electron chi connectivity index (χ2n) is 9.71. The Balaban J connectivity index is 1.11. The van der Waals surface area contributed by atoms with Crippen molar-refractivity contribution in [2.24, 2.45) is 16.8 Å². The standard InChI is InChI=1S/C26H30ClN3O3S/c27-20-11-12-22-19(14-20)10-13-24-23(22)15-25(29-24)30-26(31)18-8-6-17(7-9-18)16-28-34(32,33)21-4-2-1-3-5-21/h1-5,11-12,14,17-18,23-24,28H,6-10,13,15-16H2,(H,29,30,31)/t17?,18?,23-,24+/m0/s1. The zero-order valence-corrected chi connectivity index (χ0v) is 20.6. The molecule has 0 saturated heterocycles. The van der Waals surface area contributed by atoms with Gasteiger partial charge in [0.15, 0.2) is 0 Å². The van der Waals surface area contributed by atoms with Crippen molar-refractivity contribution in [2.75, 3.05) is 6.54 Å². The van der Waals surface area contributed by atoms with Crippen molar-refractivity contribution in [1.82, 2.24) is 10.0 Å². The summed E-state index contributed by atoms with van der Waals surface area (Å²) in [5.74, 6) is 1.39. The van der Waals surface area contributed by atoms with Gasteiger partial charge in [-0.05, 0) is 79.8 Å². The molecule has 1 saturated carbocycles. The van der Waals surface area contributed by atoms with E-state index in [1.807, 2.05) is 6.07 Å². The van der Waals surface area contributed by atoms with Gasteiger partial charge in [-0.3, -0.25) is 9.79 Å². The van der Waals surface area contributed by atoms with E-state index in [-0.39, 0.29) is 28.7 Å². The summed E-state index contributed by atoms with van der Waals surface area (Å²) in [5, 5.41) is 3.88. The Hall–Kier alpha value is -2.22. The second kappa shape index (κ2) is 9.80. The molecule has 1 heterocycles. The molecular weight excluding hydrogens is 470 g/mol. The number of fused-ring (bicyclic) bond motifs is 3. The van der Waals surface area contributed by atoms with Gasteiger partial charge in [0, 0.05) is 29.8 Å². The first-order chi connectivity index (χ1) is 16.4. The minimum atomic E-state index is -3.49. The van der Waals surface area contributed by atoms with E-state index in [2.05, 4.69) is 22.2 Å². The van der Waals surface area contributed by atoms with E-state index >= 15 is 0 Å². The van der Waals surface area contributed by atoms with Crippen LogP contribution in [0.15, 0.2) is 58.4 Å². The maximum Gasteiger partial charge on any atom is 0.240 e. The lowest BCUT2D eigenvalue weighted by atomic mass is 9.79. The smallest absolute Gasteiger partial charge is 0.240 e. The molecule has 180 valence electrons. The molecule has 1 aliphatic heterocycles. The summed E-state index contributed by atoms with van der Waals surface area (Å²) in [6, 6.07) is 14.8. The Bertz CT molecular complexity index is 1190. The van der Waals surface area contributed by atoms with Crippen molar-refractivity contribution >= 4 is 33.4 Å². The van der Waals surface area contributed by atoms with E-state index in [9.17, 15) is 13.2 Å². The molecule has 6 nitrogen and oxygen atoms in total. The van der Waals surface area contributed by atoms with Gasteiger partial charge in [0.2, 0.25) is 15.9 Å². The number of amides is 1. The van der Waals surface area contributed by atoms with Crippen LogP contribution < -0.4 is 10.0 Å². The van der Waals surface area contributed by atoms with Crippen molar-refractivity contribution < 1.29 is 13.2 Å². The van der Waals surface area contributed by atoms with E-state index in [1.54, 1.807) is 30.3 Å². The molecule has 8 heteroatoms. The summed E-state index contributed by atoms with van der Waals surface area (Å²) < 4.78 is 27.6. The molecule has 1 amide bonds. The number of halogens is 1. The van der Waals surface area contributed by atoms with Gasteiger partial charge in [0.25, 0.3) is 0 Å². The predicted molar refractivity (Wildman–Crippen MR) is 134 cm³/mol. The Morgan fingerprint density at radius 1 is 1.03 bits per heavy atom. The summed E-state index contributed by atoms with van der Waals surface area (Å²) in [5.41, 5.74) is 2.62. The van der Waals surface area contributed by atoms with Crippen LogP contribution in [0.1, 0.15) is 55.6 Å². The molecule has 2 N–H and O–H groups in total. The number of nitrogens with zero attached hydrogens (tertiary/aromatic N) is 1. The molecule has 0 aromatic heterocycles. The van der Waals surface area contributed by atoms with Gasteiger partial charge in [-0.1, -0.05) is 35.9 Å². The number of nitrogens with one attached hydrogen (secondary N) is 2. The summed E-state index contributed by atoms with van der Waals surface area (Å²) in [6.07, 6.45) is 5.93. The van der Waals surface area contributed by atoms with Crippen LogP contribution in [0, 0.1) is 11.8 Å². The molecule has 2 aliphatic carbocycles. The number of aryl methyl sites for hydroxylation is 1. The third-order valence-corrected chi connectivity index (χ3v) is 9.19. The zero-order chi connectivity index (χ0) is 23.7. The number of benzene rings is 2. The van der Waals surface area contributed by atoms with E-state index in [0.717, 1.165) is 55.8 Å². The Morgan fingerprint density at radius 2 is 1.79 bits per heavy atom. The Morgan fingerprint density at radius 3 is 2.56 bits per heavy atom. The van der Waals surface area contributed by atoms with Gasteiger partial charge in [0.1, 0.15) is 5.84 Å². The van der Waals surface area contributed by atoms with Crippen molar-refractivity contribution in [1.29, 1.82) is 0 Å². The van der Waals surface area contributed by atoms with Gasteiger partial charge in [-0.2, -0.15) is 0 Å². The third-order valence-electron chi connectivity index (χ3n) is 7.51. The fraction of sp³-hybridized carbons (Fsp3) is 0.462. The molecular formula is C26H30ClN3O3S. The van der Waals surface area contributed by atoms with Gasteiger partial charge in [0.05, 0.1) is 10.9 Å². The molecule has 2 aromatic carbocycles. The number of carbonyl (C=O) groups is 1. The minimum absolute atomic E-state index is 0.0431. The van der Waals surface area contributed by atoms with Crippen molar-refractivity contribution in [2.45, 2.75) is 61.8 Å². The highest BCUT2D eigenvalue weighted by Crippen LogP contribution is 2.40. The van der Waals surface area contributed by atoms with Crippen LogP contribution in [-0.2, 0) is 21.2 Å². The molecule has 0 radical (unpaired) electrons. The molecule has 2 aromatic rings. The fourth-order valence-electron chi connectivity index (χ4n) is 5.59. The number of hydrogen-bond acceptors (Lipinski definition) is 4. The average Bonchev–Trinajstić information content (AvgIpc) is 3.26. The van der Waals surface area contributed by atoms with Crippen LogP contribution in [0.3, 0.4) is 0 Å². The first-order valence-corrected chi connectivity index (χ1v) is 14.0. The minimum Gasteiger partial charge on any atom is -0.314 e. The maximum absolute atomic E-state index is 12.9.